The highest BCUT2D eigenvalue weighted by Gasteiger charge is 2.60. The monoisotopic (exact) mass is 379 g/mol. The number of aliphatic hydroxyl groups excluding tert-OH is 1. The van der Waals surface area contributed by atoms with Crippen molar-refractivity contribution in [2.75, 3.05) is 13.7 Å². The zero-order valence-corrected chi connectivity index (χ0v) is 12.6. The predicted octanol–water partition coefficient (Wildman–Crippen LogP) is 1.33. The van der Waals surface area contributed by atoms with Crippen molar-refractivity contribution in [3.05, 3.63) is 35.4 Å². The molecule has 98 valence electrons. The highest BCUT2D eigenvalue weighted by Crippen LogP contribution is 2.51. The van der Waals surface area contributed by atoms with Crippen LogP contribution < -0.4 is 0 Å². The smallest absolute Gasteiger partial charge is 0.281 e. The number of amides is 1. The molecular weight excluding hydrogens is 370 g/mol. The summed E-state index contributed by atoms with van der Waals surface area (Å²) in [5.41, 5.74) is -1.15. The van der Waals surface area contributed by atoms with Gasteiger partial charge in [-0.05, 0) is 6.07 Å². The van der Waals surface area contributed by atoms with E-state index in [1.165, 1.54) is 7.11 Å². The van der Waals surface area contributed by atoms with E-state index in [9.17, 15) is 15.0 Å². The Morgan fingerprint density at radius 1 is 1.44 bits per heavy atom. The summed E-state index contributed by atoms with van der Waals surface area (Å²) in [6, 6.07) is 6.59. The molecule has 1 heterocycles. The Morgan fingerprint density at radius 3 is 2.61 bits per heavy atom. The zero-order chi connectivity index (χ0) is 13.6. The quantitative estimate of drug-likeness (QED) is 0.776. The van der Waals surface area contributed by atoms with Crippen LogP contribution in [0.15, 0.2) is 24.3 Å². The van der Waals surface area contributed by atoms with Gasteiger partial charge in [0.15, 0.2) is 3.23 Å². The number of hydroxylamine groups is 2. The van der Waals surface area contributed by atoms with E-state index in [0.717, 1.165) is 5.06 Å². The van der Waals surface area contributed by atoms with Gasteiger partial charge in [-0.3, -0.25) is 9.63 Å². The van der Waals surface area contributed by atoms with Crippen LogP contribution in [0.2, 0.25) is 0 Å². The second-order valence-electron chi connectivity index (χ2n) is 3.86. The molecule has 0 saturated heterocycles. The first kappa shape index (κ1) is 14.0. The molecular formula is C11H11Br2NO4. The maximum absolute atomic E-state index is 12.1. The molecule has 1 aromatic carbocycles. The van der Waals surface area contributed by atoms with Crippen molar-refractivity contribution in [3.63, 3.8) is 0 Å². The molecule has 2 N–H and O–H groups in total. The molecule has 7 heteroatoms. The van der Waals surface area contributed by atoms with E-state index in [4.69, 9.17) is 4.84 Å². The van der Waals surface area contributed by atoms with Crippen LogP contribution in [0.3, 0.4) is 0 Å². The molecule has 1 aliphatic rings. The van der Waals surface area contributed by atoms with Gasteiger partial charge in [-0.1, -0.05) is 50.1 Å². The lowest BCUT2D eigenvalue weighted by Gasteiger charge is -2.40. The van der Waals surface area contributed by atoms with Crippen LogP contribution in [-0.4, -0.2) is 38.1 Å². The van der Waals surface area contributed by atoms with Gasteiger partial charge in [-0.15, -0.1) is 0 Å². The highest BCUT2D eigenvalue weighted by atomic mass is 79.9. The van der Waals surface area contributed by atoms with Gasteiger partial charge in [-0.2, -0.15) is 5.06 Å². The maximum Gasteiger partial charge on any atom is 0.281 e. The molecule has 1 aromatic rings. The number of hydrogen-bond donors (Lipinski definition) is 2. The number of fused-ring (bicyclic) bond motifs is 1. The first-order valence-electron chi connectivity index (χ1n) is 5.09. The number of carbonyl (C=O) groups excluding carboxylic acids is 1. The summed E-state index contributed by atoms with van der Waals surface area (Å²) in [6.45, 7) is -0.453. The van der Waals surface area contributed by atoms with Gasteiger partial charge in [0.05, 0.1) is 19.3 Å². The Labute approximate surface area is 121 Å². The number of nitrogens with zero attached hydrogens (tertiary/aromatic N) is 1. The molecule has 0 unspecified atom stereocenters. The number of rotatable bonds is 3. The van der Waals surface area contributed by atoms with Crippen LogP contribution >= 0.6 is 31.9 Å². The van der Waals surface area contributed by atoms with Crippen LogP contribution in [0.25, 0.3) is 0 Å². The lowest BCUT2D eigenvalue weighted by Crippen LogP contribution is -2.55. The fraction of sp³-hybridized carbons (Fsp3) is 0.364. The molecule has 0 aliphatic carbocycles. The number of halogens is 2. The first-order valence-corrected chi connectivity index (χ1v) is 6.68. The number of alkyl halides is 2. The van der Waals surface area contributed by atoms with Crippen LogP contribution in [0.5, 0.6) is 0 Å². The van der Waals surface area contributed by atoms with Crippen LogP contribution in [0.4, 0.5) is 0 Å². The molecule has 1 aliphatic heterocycles. The van der Waals surface area contributed by atoms with Crippen molar-refractivity contribution in [2.45, 2.75) is 8.96 Å². The van der Waals surface area contributed by atoms with Gasteiger partial charge in [0.25, 0.3) is 5.91 Å². The van der Waals surface area contributed by atoms with Gasteiger partial charge in [-0.25, -0.2) is 0 Å². The molecule has 0 bridgehead atoms. The Hall–Kier alpha value is -0.470. The molecule has 5 nitrogen and oxygen atoms in total. The van der Waals surface area contributed by atoms with Crippen molar-refractivity contribution in [3.8, 4) is 0 Å². The zero-order valence-electron chi connectivity index (χ0n) is 9.43. The topological polar surface area (TPSA) is 70.0 Å². The normalized spacial score (nSPS) is 23.4. The summed E-state index contributed by atoms with van der Waals surface area (Å²) in [6.07, 6.45) is 0. The molecule has 2 rings (SSSR count). The van der Waals surface area contributed by atoms with E-state index in [0.29, 0.717) is 11.1 Å². The van der Waals surface area contributed by atoms with Crippen molar-refractivity contribution in [1.82, 2.24) is 5.06 Å². The fourth-order valence-electron chi connectivity index (χ4n) is 2.01. The van der Waals surface area contributed by atoms with Gasteiger partial charge in [0.1, 0.15) is 0 Å². The molecule has 1 amide bonds. The average Bonchev–Trinajstić information content (AvgIpc) is 2.60. The standard InChI is InChI=1S/C11H11Br2NO4/c1-18-14-9(16)7-4-2-3-5-8(7)11(14,17)10(12,13)6-15/h2-5,15,17H,6H2,1H3/t11-/m1/s1. The van der Waals surface area contributed by atoms with Crippen molar-refractivity contribution < 1.29 is 19.8 Å². The lowest BCUT2D eigenvalue weighted by molar-refractivity contribution is -0.248. The summed E-state index contributed by atoms with van der Waals surface area (Å²) in [7, 11) is 1.28. The SMILES string of the molecule is CON1C(=O)c2ccccc2[C@@]1(O)C(Br)(Br)CO. The Morgan fingerprint density at radius 2 is 2.06 bits per heavy atom. The van der Waals surface area contributed by atoms with E-state index in [-0.39, 0.29) is 0 Å². The van der Waals surface area contributed by atoms with Crippen LogP contribution in [0.1, 0.15) is 15.9 Å². The second-order valence-corrected chi connectivity index (χ2v) is 7.63. The summed E-state index contributed by atoms with van der Waals surface area (Å²) in [4.78, 5) is 17.1. The van der Waals surface area contributed by atoms with Gasteiger partial charge >= 0.3 is 0 Å². The third kappa shape index (κ3) is 1.65. The molecule has 18 heavy (non-hydrogen) atoms. The Kier molecular flexibility index (Phi) is 3.54. The van der Waals surface area contributed by atoms with Crippen LogP contribution in [-0.2, 0) is 10.6 Å². The van der Waals surface area contributed by atoms with E-state index in [2.05, 4.69) is 31.9 Å². The van der Waals surface area contributed by atoms with Crippen molar-refractivity contribution in [1.29, 1.82) is 0 Å². The predicted molar refractivity (Wildman–Crippen MR) is 71.2 cm³/mol. The van der Waals surface area contributed by atoms with E-state index in [1.54, 1.807) is 24.3 Å². The van der Waals surface area contributed by atoms with Gasteiger partial charge in [0.2, 0.25) is 5.72 Å². The first-order chi connectivity index (χ1) is 8.40. The van der Waals surface area contributed by atoms with Crippen molar-refractivity contribution in [2.24, 2.45) is 0 Å². The fourth-order valence-corrected chi connectivity index (χ4v) is 2.76. The van der Waals surface area contributed by atoms with E-state index >= 15 is 0 Å². The van der Waals surface area contributed by atoms with E-state index < -0.39 is 21.5 Å². The number of benzene rings is 1. The summed E-state index contributed by atoms with van der Waals surface area (Å²) < 4.78 is -1.33. The molecule has 0 saturated carbocycles. The van der Waals surface area contributed by atoms with Crippen LogP contribution in [0, 0.1) is 0 Å². The van der Waals surface area contributed by atoms with E-state index in [1.807, 2.05) is 0 Å². The molecule has 0 spiro atoms. The minimum Gasteiger partial charge on any atom is -0.394 e. The van der Waals surface area contributed by atoms with Crippen molar-refractivity contribution >= 4 is 37.8 Å². The molecule has 0 aromatic heterocycles. The summed E-state index contributed by atoms with van der Waals surface area (Å²) in [5, 5.41) is 21.1. The summed E-state index contributed by atoms with van der Waals surface area (Å²) >= 11 is 6.37. The second kappa shape index (κ2) is 4.57. The Bertz CT molecular complexity index is 494. The van der Waals surface area contributed by atoms with Gasteiger partial charge < -0.3 is 10.2 Å². The maximum atomic E-state index is 12.1. The largest absolute Gasteiger partial charge is 0.394 e. The third-order valence-electron chi connectivity index (χ3n) is 2.90. The molecule has 0 fully saturated rings. The Balaban J connectivity index is 2.68. The number of carbonyl (C=O) groups is 1. The third-order valence-corrected chi connectivity index (χ3v) is 4.51. The number of aliphatic hydroxyl groups is 2. The average molecular weight is 381 g/mol. The molecule has 0 radical (unpaired) electrons. The lowest BCUT2D eigenvalue weighted by atomic mass is 9.99. The number of hydrogen-bond acceptors (Lipinski definition) is 4. The minimum atomic E-state index is -1.84. The minimum absolute atomic E-state index is 0.332. The molecule has 1 atom stereocenters. The summed E-state index contributed by atoms with van der Waals surface area (Å²) in [5.74, 6) is -0.465. The highest BCUT2D eigenvalue weighted by molar-refractivity contribution is 9.25. The van der Waals surface area contributed by atoms with Gasteiger partial charge in [0, 0.05) is 5.56 Å².